The van der Waals surface area contributed by atoms with E-state index in [1.54, 1.807) is 18.2 Å². The fourth-order valence-electron chi connectivity index (χ4n) is 1.36. The van der Waals surface area contributed by atoms with Crippen molar-refractivity contribution in [3.63, 3.8) is 0 Å². The Labute approximate surface area is 111 Å². The Morgan fingerprint density at radius 2 is 2.24 bits per heavy atom. The summed E-state index contributed by atoms with van der Waals surface area (Å²) in [6, 6.07) is 5.22. The molecule has 0 spiro atoms. The number of ether oxygens (including phenoxy) is 1. The average molecular weight is 316 g/mol. The highest BCUT2D eigenvalue weighted by Crippen LogP contribution is 2.28. The summed E-state index contributed by atoms with van der Waals surface area (Å²) in [5.74, 6) is 0.367. The molecule has 2 aromatic rings. The molecule has 2 rings (SSSR count). The van der Waals surface area contributed by atoms with E-state index in [4.69, 9.17) is 16.3 Å². The number of rotatable bonds is 1. The normalized spacial score (nSPS) is 10.3. The predicted octanol–water partition coefficient (Wildman–Crippen LogP) is 3.37. The van der Waals surface area contributed by atoms with Crippen molar-refractivity contribution in [2.24, 2.45) is 0 Å². The quantitative estimate of drug-likeness (QED) is 0.878. The minimum atomic E-state index is -0.535. The summed E-state index contributed by atoms with van der Waals surface area (Å²) >= 11 is 9.30. The van der Waals surface area contributed by atoms with Crippen LogP contribution in [0.4, 0.5) is 4.79 Å². The van der Waals surface area contributed by atoms with Gasteiger partial charge >= 0.3 is 6.09 Å². The molecule has 0 bridgehead atoms. The van der Waals surface area contributed by atoms with Crippen molar-refractivity contribution in [1.82, 2.24) is 10.3 Å². The lowest BCUT2D eigenvalue weighted by atomic mass is 10.2. The highest BCUT2D eigenvalue weighted by Gasteiger charge is 2.06. The molecule has 88 valence electrons. The highest BCUT2D eigenvalue weighted by molar-refractivity contribution is 9.10. The van der Waals surface area contributed by atoms with Gasteiger partial charge < -0.3 is 10.1 Å². The first-order valence-electron chi connectivity index (χ1n) is 4.74. The van der Waals surface area contributed by atoms with Crippen LogP contribution in [0, 0.1) is 0 Å². The Kier molecular flexibility index (Phi) is 3.49. The van der Waals surface area contributed by atoms with E-state index in [-0.39, 0.29) is 0 Å². The number of carbonyl (C=O) groups excluding carboxylic acids is 1. The van der Waals surface area contributed by atoms with Gasteiger partial charge in [-0.05, 0) is 34.1 Å². The number of aromatic nitrogens is 1. The van der Waals surface area contributed by atoms with E-state index in [2.05, 4.69) is 26.2 Å². The Morgan fingerprint density at radius 3 is 2.94 bits per heavy atom. The number of halogens is 2. The van der Waals surface area contributed by atoms with Gasteiger partial charge in [-0.3, -0.25) is 4.98 Å². The Morgan fingerprint density at radius 1 is 1.47 bits per heavy atom. The van der Waals surface area contributed by atoms with Crippen LogP contribution in [0.15, 0.2) is 28.9 Å². The average Bonchev–Trinajstić information content (AvgIpc) is 2.28. The third kappa shape index (κ3) is 2.68. The molecule has 17 heavy (non-hydrogen) atoms. The third-order valence-electron chi connectivity index (χ3n) is 2.09. The maximum atomic E-state index is 11.1. The Bertz CT molecular complexity index is 589. The number of fused-ring (bicyclic) bond motifs is 1. The molecule has 4 nitrogen and oxygen atoms in total. The largest absolute Gasteiger partial charge is 0.412 e. The van der Waals surface area contributed by atoms with Crippen molar-refractivity contribution in [2.75, 3.05) is 7.05 Å². The van der Waals surface area contributed by atoms with Gasteiger partial charge in [0, 0.05) is 21.9 Å². The van der Waals surface area contributed by atoms with Crippen molar-refractivity contribution < 1.29 is 9.53 Å². The zero-order valence-corrected chi connectivity index (χ0v) is 11.2. The van der Waals surface area contributed by atoms with Crippen LogP contribution in [0.2, 0.25) is 5.02 Å². The Hall–Kier alpha value is -1.33. The standard InChI is InChI=1S/C11H8BrClN2O2/c1-14-11(16)17-8-3-6-2-7(13)4-9(12)10(6)15-5-8/h2-5H,1H3,(H,14,16). The fraction of sp³-hybridized carbons (Fsp3) is 0.0909. The lowest BCUT2D eigenvalue weighted by Crippen LogP contribution is -2.22. The van der Waals surface area contributed by atoms with Gasteiger partial charge in [-0.15, -0.1) is 0 Å². The molecule has 0 aliphatic rings. The van der Waals surface area contributed by atoms with E-state index < -0.39 is 6.09 Å². The molecule has 0 fully saturated rings. The van der Waals surface area contributed by atoms with Crippen LogP contribution in [-0.4, -0.2) is 18.1 Å². The van der Waals surface area contributed by atoms with Crippen molar-refractivity contribution in [1.29, 1.82) is 0 Å². The first-order chi connectivity index (χ1) is 8.10. The molecule has 0 saturated carbocycles. The number of hydrogen-bond acceptors (Lipinski definition) is 3. The molecule has 0 saturated heterocycles. The second-order valence-electron chi connectivity index (χ2n) is 3.27. The van der Waals surface area contributed by atoms with Crippen molar-refractivity contribution in [3.05, 3.63) is 33.9 Å². The minimum Gasteiger partial charge on any atom is -0.409 e. The molecule has 0 radical (unpaired) electrons. The highest BCUT2D eigenvalue weighted by atomic mass is 79.9. The molecular weight excluding hydrogens is 307 g/mol. The summed E-state index contributed by atoms with van der Waals surface area (Å²) in [7, 11) is 1.49. The van der Waals surface area contributed by atoms with Crippen LogP contribution in [0.25, 0.3) is 10.9 Å². The van der Waals surface area contributed by atoms with Crippen LogP contribution < -0.4 is 10.1 Å². The maximum Gasteiger partial charge on any atom is 0.412 e. The van der Waals surface area contributed by atoms with Gasteiger partial charge in [0.2, 0.25) is 0 Å². The summed E-state index contributed by atoms with van der Waals surface area (Å²) in [5, 5.41) is 3.74. The van der Waals surface area contributed by atoms with E-state index >= 15 is 0 Å². The number of carbonyl (C=O) groups is 1. The van der Waals surface area contributed by atoms with E-state index in [9.17, 15) is 4.79 Å². The van der Waals surface area contributed by atoms with Crippen LogP contribution in [-0.2, 0) is 0 Å². The summed E-state index contributed by atoms with van der Waals surface area (Å²) in [6.07, 6.45) is 0.947. The first kappa shape index (κ1) is 12.1. The van der Waals surface area contributed by atoms with E-state index in [1.807, 2.05) is 0 Å². The molecule has 1 aromatic carbocycles. The van der Waals surface area contributed by atoms with E-state index in [0.717, 1.165) is 15.4 Å². The molecular formula is C11H8BrClN2O2. The topological polar surface area (TPSA) is 51.2 Å². The number of amides is 1. The number of pyridine rings is 1. The molecule has 0 atom stereocenters. The van der Waals surface area contributed by atoms with Gasteiger partial charge in [0.1, 0.15) is 0 Å². The Balaban J connectivity index is 2.46. The number of nitrogens with one attached hydrogen (secondary N) is 1. The molecule has 1 heterocycles. The zero-order chi connectivity index (χ0) is 12.4. The summed E-state index contributed by atoms with van der Waals surface area (Å²) in [5.41, 5.74) is 0.763. The van der Waals surface area contributed by atoms with Crippen LogP contribution >= 0.6 is 27.5 Å². The minimum absolute atomic E-state index is 0.367. The second kappa shape index (κ2) is 4.89. The van der Waals surface area contributed by atoms with Gasteiger partial charge in [-0.1, -0.05) is 11.6 Å². The SMILES string of the molecule is CNC(=O)Oc1cnc2c(Br)cc(Cl)cc2c1. The predicted molar refractivity (Wildman–Crippen MR) is 69.5 cm³/mol. The maximum absolute atomic E-state index is 11.1. The van der Waals surface area contributed by atoms with Crippen LogP contribution in [0.5, 0.6) is 5.75 Å². The lowest BCUT2D eigenvalue weighted by molar-refractivity contribution is 0.203. The van der Waals surface area contributed by atoms with E-state index in [1.165, 1.54) is 13.2 Å². The zero-order valence-electron chi connectivity index (χ0n) is 8.83. The third-order valence-corrected chi connectivity index (χ3v) is 2.91. The molecule has 6 heteroatoms. The smallest absolute Gasteiger partial charge is 0.409 e. The number of nitrogens with zero attached hydrogens (tertiary/aromatic N) is 1. The molecule has 1 amide bonds. The van der Waals surface area contributed by atoms with Gasteiger partial charge in [0.05, 0.1) is 11.7 Å². The molecule has 0 aliphatic carbocycles. The first-order valence-corrected chi connectivity index (χ1v) is 5.91. The van der Waals surface area contributed by atoms with Gasteiger partial charge in [-0.25, -0.2) is 4.79 Å². The summed E-state index contributed by atoms with van der Waals surface area (Å²) < 4.78 is 5.78. The van der Waals surface area contributed by atoms with Crippen molar-refractivity contribution >= 4 is 44.5 Å². The number of hydrogen-bond donors (Lipinski definition) is 1. The number of benzene rings is 1. The van der Waals surface area contributed by atoms with Gasteiger partial charge in [0.25, 0.3) is 0 Å². The van der Waals surface area contributed by atoms with Gasteiger partial charge in [-0.2, -0.15) is 0 Å². The lowest BCUT2D eigenvalue weighted by Gasteiger charge is -2.05. The molecule has 1 N–H and O–H groups in total. The van der Waals surface area contributed by atoms with Crippen molar-refractivity contribution in [2.45, 2.75) is 0 Å². The molecule has 1 aromatic heterocycles. The van der Waals surface area contributed by atoms with Gasteiger partial charge in [0.15, 0.2) is 5.75 Å². The molecule has 0 unspecified atom stereocenters. The summed E-state index contributed by atoms with van der Waals surface area (Å²) in [6.45, 7) is 0. The fourth-order valence-corrected chi connectivity index (χ4v) is 2.30. The van der Waals surface area contributed by atoms with Crippen LogP contribution in [0.1, 0.15) is 0 Å². The van der Waals surface area contributed by atoms with E-state index in [0.29, 0.717) is 10.8 Å². The monoisotopic (exact) mass is 314 g/mol. The van der Waals surface area contributed by atoms with Crippen molar-refractivity contribution in [3.8, 4) is 5.75 Å². The summed E-state index contributed by atoms with van der Waals surface area (Å²) in [4.78, 5) is 15.3. The molecule has 0 aliphatic heterocycles. The van der Waals surface area contributed by atoms with Crippen LogP contribution in [0.3, 0.4) is 0 Å². The second-order valence-corrected chi connectivity index (χ2v) is 4.56.